The second kappa shape index (κ2) is 10.6. The molecule has 0 aliphatic heterocycles. The lowest BCUT2D eigenvalue weighted by atomic mass is 9.97. The van der Waals surface area contributed by atoms with Gasteiger partial charge in [0, 0.05) is 11.1 Å². The van der Waals surface area contributed by atoms with Crippen molar-refractivity contribution in [2.24, 2.45) is 0 Å². The Labute approximate surface area is 228 Å². The predicted molar refractivity (Wildman–Crippen MR) is 145 cm³/mol. The summed E-state index contributed by atoms with van der Waals surface area (Å²) in [5.74, 6) is 0.0751. The normalized spacial score (nSPS) is 11.0. The van der Waals surface area contributed by atoms with Crippen LogP contribution in [0.2, 0.25) is 0 Å². The van der Waals surface area contributed by atoms with Gasteiger partial charge in [-0.25, -0.2) is 12.4 Å². The van der Waals surface area contributed by atoms with Crippen molar-refractivity contribution in [1.29, 1.82) is 5.26 Å². The molecule has 2 N–H and O–H groups in total. The van der Waals surface area contributed by atoms with E-state index in [2.05, 4.69) is 15.9 Å². The summed E-state index contributed by atoms with van der Waals surface area (Å²) in [5.41, 5.74) is 6.43. The van der Waals surface area contributed by atoms with E-state index in [9.17, 15) is 18.5 Å². The lowest BCUT2D eigenvalue weighted by molar-refractivity contribution is 0.103. The molecule has 0 aliphatic carbocycles. The summed E-state index contributed by atoms with van der Waals surface area (Å²) in [6.07, 6.45) is 0. The number of rotatable bonds is 8. The van der Waals surface area contributed by atoms with Crippen LogP contribution in [0.15, 0.2) is 76.1 Å². The van der Waals surface area contributed by atoms with Crippen LogP contribution in [0.3, 0.4) is 0 Å². The van der Waals surface area contributed by atoms with Crippen LogP contribution in [-0.4, -0.2) is 39.5 Å². The van der Waals surface area contributed by atoms with Crippen molar-refractivity contribution in [3.63, 3.8) is 0 Å². The Morgan fingerprint density at radius 1 is 0.974 bits per heavy atom. The lowest BCUT2D eigenvalue weighted by Gasteiger charge is -2.15. The van der Waals surface area contributed by atoms with Crippen molar-refractivity contribution in [3.05, 3.63) is 88.0 Å². The van der Waals surface area contributed by atoms with Gasteiger partial charge in [-0.05, 0) is 57.9 Å². The first-order valence-electron chi connectivity index (χ1n) is 11.0. The van der Waals surface area contributed by atoms with Crippen molar-refractivity contribution >= 4 is 37.6 Å². The fourth-order valence-corrected chi connectivity index (χ4v) is 6.12. The van der Waals surface area contributed by atoms with Crippen LogP contribution >= 0.6 is 15.9 Å². The van der Waals surface area contributed by atoms with E-state index in [4.69, 9.17) is 19.9 Å². The molecule has 194 valence electrons. The van der Waals surface area contributed by atoms with Gasteiger partial charge in [0.1, 0.15) is 28.9 Å². The van der Waals surface area contributed by atoms with E-state index >= 15 is 0 Å². The van der Waals surface area contributed by atoms with Gasteiger partial charge in [-0.2, -0.15) is 5.26 Å². The summed E-state index contributed by atoms with van der Waals surface area (Å²) in [5, 5.41) is 10.1. The first-order chi connectivity index (χ1) is 18.2. The highest BCUT2D eigenvalue weighted by Gasteiger charge is 2.35. The number of methoxy groups -OCH3 is 3. The molecule has 9 nitrogen and oxygen atoms in total. The molecule has 0 saturated heterocycles. The van der Waals surface area contributed by atoms with E-state index in [1.54, 1.807) is 42.5 Å². The standard InChI is InChI=1S/C27H22BrN3O6S/c1-35-18-9-11-19(12-10-18)38(33,34)31-24(25(32)16-7-5-4-6-8-16)23(20(15-29)27(31)30)17-13-21(28)26(37-3)22(14-17)36-2/h4-14H,30H2,1-3H3. The van der Waals surface area contributed by atoms with Gasteiger partial charge in [0.25, 0.3) is 10.0 Å². The van der Waals surface area contributed by atoms with Gasteiger partial charge >= 0.3 is 0 Å². The molecule has 38 heavy (non-hydrogen) atoms. The minimum absolute atomic E-state index is 0.0394. The van der Waals surface area contributed by atoms with Gasteiger partial charge in [0.2, 0.25) is 5.78 Å². The van der Waals surface area contributed by atoms with E-state index in [-0.39, 0.29) is 27.3 Å². The third-order valence-electron chi connectivity index (χ3n) is 5.85. The zero-order chi connectivity index (χ0) is 27.6. The number of benzene rings is 3. The van der Waals surface area contributed by atoms with Gasteiger partial charge in [0.05, 0.1) is 30.7 Å². The molecule has 11 heteroatoms. The number of carbonyl (C=O) groups is 1. The molecule has 0 unspecified atom stereocenters. The Balaban J connectivity index is 2.12. The fraction of sp³-hybridized carbons (Fsp3) is 0.111. The zero-order valence-corrected chi connectivity index (χ0v) is 23.0. The maximum Gasteiger partial charge on any atom is 0.270 e. The molecule has 1 heterocycles. The molecule has 0 aliphatic rings. The number of nitrogen functional groups attached to an aromatic ring is 1. The van der Waals surface area contributed by atoms with Crippen molar-refractivity contribution in [1.82, 2.24) is 3.97 Å². The molecule has 4 aromatic rings. The van der Waals surface area contributed by atoms with Crippen molar-refractivity contribution in [2.45, 2.75) is 4.90 Å². The summed E-state index contributed by atoms with van der Waals surface area (Å²) in [4.78, 5) is 13.8. The number of nitriles is 1. The smallest absolute Gasteiger partial charge is 0.270 e. The maximum atomic E-state index is 13.9. The highest BCUT2D eigenvalue weighted by atomic mass is 79.9. The molecule has 0 fully saturated rings. The average Bonchev–Trinajstić information content (AvgIpc) is 3.25. The molecular weight excluding hydrogens is 574 g/mol. The minimum atomic E-state index is -4.44. The Bertz CT molecular complexity index is 1670. The van der Waals surface area contributed by atoms with Crippen LogP contribution < -0.4 is 19.9 Å². The second-order valence-corrected chi connectivity index (χ2v) is 10.6. The van der Waals surface area contributed by atoms with Crippen LogP contribution in [0, 0.1) is 11.3 Å². The van der Waals surface area contributed by atoms with Crippen molar-refractivity contribution in [2.75, 3.05) is 27.1 Å². The number of aromatic nitrogens is 1. The van der Waals surface area contributed by atoms with E-state index < -0.39 is 21.6 Å². The lowest BCUT2D eigenvalue weighted by Crippen LogP contribution is -2.21. The van der Waals surface area contributed by atoms with Crippen LogP contribution in [0.25, 0.3) is 11.1 Å². The minimum Gasteiger partial charge on any atom is -0.497 e. The summed E-state index contributed by atoms with van der Waals surface area (Å²) in [7, 11) is -0.0900. The Kier molecular flexibility index (Phi) is 7.48. The molecule has 0 radical (unpaired) electrons. The van der Waals surface area contributed by atoms with E-state index in [0.717, 1.165) is 3.97 Å². The molecule has 0 atom stereocenters. The number of hydrogen-bond acceptors (Lipinski definition) is 8. The van der Waals surface area contributed by atoms with Crippen LogP contribution in [0.1, 0.15) is 21.6 Å². The molecular formula is C27H22BrN3O6S. The molecule has 4 rings (SSSR count). The molecule has 0 amide bonds. The Hall–Kier alpha value is -4.27. The predicted octanol–water partition coefficient (Wildman–Crippen LogP) is 4.87. The summed E-state index contributed by atoms with van der Waals surface area (Å²) >= 11 is 3.42. The Morgan fingerprint density at radius 3 is 2.18 bits per heavy atom. The molecule has 1 aromatic heterocycles. The highest BCUT2D eigenvalue weighted by molar-refractivity contribution is 9.10. The number of hydrogen-bond donors (Lipinski definition) is 1. The van der Waals surface area contributed by atoms with Crippen LogP contribution in [0.5, 0.6) is 17.2 Å². The second-order valence-electron chi connectivity index (χ2n) is 7.93. The van der Waals surface area contributed by atoms with Gasteiger partial charge in [-0.15, -0.1) is 0 Å². The average molecular weight is 596 g/mol. The van der Waals surface area contributed by atoms with E-state index in [1.165, 1.54) is 45.6 Å². The Morgan fingerprint density at radius 2 is 1.63 bits per heavy atom. The summed E-state index contributed by atoms with van der Waals surface area (Å²) < 4.78 is 45.0. The number of halogens is 1. The molecule has 0 saturated carbocycles. The third-order valence-corrected chi connectivity index (χ3v) is 8.16. The maximum absolute atomic E-state index is 13.9. The van der Waals surface area contributed by atoms with Crippen molar-refractivity contribution in [3.8, 4) is 34.4 Å². The fourth-order valence-electron chi connectivity index (χ4n) is 4.06. The number of ether oxygens (including phenoxy) is 3. The molecule has 0 spiro atoms. The molecule has 3 aromatic carbocycles. The largest absolute Gasteiger partial charge is 0.497 e. The van der Waals surface area contributed by atoms with Crippen LogP contribution in [0.4, 0.5) is 5.82 Å². The number of nitrogens with two attached hydrogens (primary N) is 1. The summed E-state index contributed by atoms with van der Waals surface area (Å²) in [6.45, 7) is 0. The quantitative estimate of drug-likeness (QED) is 0.285. The van der Waals surface area contributed by atoms with Gasteiger partial charge < -0.3 is 19.9 Å². The molecule has 0 bridgehead atoms. The highest BCUT2D eigenvalue weighted by Crippen LogP contribution is 2.44. The van der Waals surface area contributed by atoms with E-state index in [1.807, 2.05) is 6.07 Å². The number of nitrogens with zero attached hydrogens (tertiary/aromatic N) is 2. The zero-order valence-electron chi connectivity index (χ0n) is 20.6. The first-order valence-corrected chi connectivity index (χ1v) is 13.3. The van der Waals surface area contributed by atoms with Gasteiger partial charge in [0.15, 0.2) is 11.5 Å². The van der Waals surface area contributed by atoms with Gasteiger partial charge in [-0.1, -0.05) is 30.3 Å². The number of anilines is 1. The van der Waals surface area contributed by atoms with Gasteiger partial charge in [-0.3, -0.25) is 4.79 Å². The topological polar surface area (TPSA) is 134 Å². The van der Waals surface area contributed by atoms with E-state index in [0.29, 0.717) is 27.3 Å². The monoisotopic (exact) mass is 595 g/mol. The SMILES string of the molecule is COc1ccc(S(=O)(=O)n2c(N)c(C#N)c(-c3cc(Br)c(OC)c(OC)c3)c2C(=O)c2ccccc2)cc1. The summed E-state index contributed by atoms with van der Waals surface area (Å²) in [6, 6.07) is 18.9. The third kappa shape index (κ3) is 4.49. The first kappa shape index (κ1) is 26.8. The number of ketones is 1. The number of carbonyl (C=O) groups excluding carboxylic acids is 1. The van der Waals surface area contributed by atoms with Crippen molar-refractivity contribution < 1.29 is 27.4 Å². The van der Waals surface area contributed by atoms with Crippen LogP contribution in [-0.2, 0) is 10.0 Å².